The summed E-state index contributed by atoms with van der Waals surface area (Å²) in [4.78, 5) is 45.5. The highest BCUT2D eigenvalue weighted by molar-refractivity contribution is 8.02. The van der Waals surface area contributed by atoms with Gasteiger partial charge in [0.15, 0.2) is 0 Å². The van der Waals surface area contributed by atoms with Crippen LogP contribution >= 0.6 is 11.8 Å². The first-order valence-electron chi connectivity index (χ1n) is 13.5. The highest BCUT2D eigenvalue weighted by atomic mass is 32.2. The summed E-state index contributed by atoms with van der Waals surface area (Å²) in [5.74, 6) is -1.87. The van der Waals surface area contributed by atoms with Crippen molar-refractivity contribution in [2.24, 2.45) is 23.7 Å². The number of rotatable bonds is 11. The molecule has 3 aliphatic heterocycles. The Labute approximate surface area is 224 Å². The Balaban J connectivity index is 1.82. The van der Waals surface area contributed by atoms with E-state index in [9.17, 15) is 19.5 Å². The maximum absolute atomic E-state index is 14.6. The number of aliphatic hydroxyl groups is 1. The van der Waals surface area contributed by atoms with Crippen LogP contribution in [0.15, 0.2) is 43.0 Å². The molecule has 0 saturated carbocycles. The number of carbonyl (C=O) groups excluding carboxylic acids is 3. The molecule has 1 spiro atoms. The number of likely N-dealkylation sites (tertiary alicyclic amines) is 1. The van der Waals surface area contributed by atoms with E-state index in [2.05, 4.69) is 13.5 Å². The van der Waals surface area contributed by atoms with Gasteiger partial charge >= 0.3 is 5.97 Å². The van der Waals surface area contributed by atoms with Crippen LogP contribution < -0.4 is 0 Å². The maximum atomic E-state index is 14.6. The molecule has 1 aromatic carbocycles. The maximum Gasteiger partial charge on any atom is 0.310 e. The van der Waals surface area contributed by atoms with Crippen LogP contribution in [0.25, 0.3) is 0 Å². The van der Waals surface area contributed by atoms with E-state index in [0.717, 1.165) is 18.4 Å². The fourth-order valence-corrected chi connectivity index (χ4v) is 9.17. The summed E-state index contributed by atoms with van der Waals surface area (Å²) < 4.78 is 4.69. The number of thioether (sulfide) groups is 1. The zero-order valence-electron chi connectivity index (χ0n) is 22.3. The zero-order chi connectivity index (χ0) is 26.9. The monoisotopic (exact) mass is 528 g/mol. The first kappa shape index (κ1) is 27.7. The molecule has 2 bridgehead atoms. The molecule has 0 aliphatic carbocycles. The summed E-state index contributed by atoms with van der Waals surface area (Å²) in [6, 6.07) is 8.49. The van der Waals surface area contributed by atoms with Crippen LogP contribution in [0, 0.1) is 23.7 Å². The highest BCUT2D eigenvalue weighted by Gasteiger charge is 2.77. The van der Waals surface area contributed by atoms with Gasteiger partial charge in [-0.15, -0.1) is 18.3 Å². The van der Waals surface area contributed by atoms with Crippen molar-refractivity contribution in [1.29, 1.82) is 0 Å². The van der Waals surface area contributed by atoms with E-state index in [1.54, 1.807) is 34.6 Å². The van der Waals surface area contributed by atoms with E-state index in [4.69, 9.17) is 4.74 Å². The van der Waals surface area contributed by atoms with Crippen LogP contribution in [-0.2, 0) is 25.7 Å². The lowest BCUT2D eigenvalue weighted by atomic mass is 9.66. The Hall–Kier alpha value is -2.32. The second-order valence-corrected chi connectivity index (χ2v) is 12.2. The van der Waals surface area contributed by atoms with Crippen molar-refractivity contribution in [3.63, 3.8) is 0 Å². The third-order valence-electron chi connectivity index (χ3n) is 8.70. The molecule has 0 radical (unpaired) electrons. The smallest absolute Gasteiger partial charge is 0.310 e. The van der Waals surface area contributed by atoms with Gasteiger partial charge in [0.2, 0.25) is 11.8 Å². The minimum absolute atomic E-state index is 0.0139. The SMILES string of the molecule is C=CCN(Cc1ccccc1)C(=O)C1N([C@@H](CO)[C@@H](C)CC)C(=O)[C@@H]2[C@H](C(=O)OCC)[C@@H]3CC(C)C12S3. The predicted molar refractivity (Wildman–Crippen MR) is 145 cm³/mol. The quantitative estimate of drug-likeness (QED) is 0.349. The summed E-state index contributed by atoms with van der Waals surface area (Å²) >= 11 is 1.63. The van der Waals surface area contributed by atoms with Gasteiger partial charge in [0.25, 0.3) is 0 Å². The van der Waals surface area contributed by atoms with Gasteiger partial charge in [-0.2, -0.15) is 0 Å². The Bertz CT molecular complexity index is 1020. The number of aliphatic hydroxyl groups excluding tert-OH is 1. The molecule has 1 aromatic rings. The van der Waals surface area contributed by atoms with Crippen molar-refractivity contribution in [3.8, 4) is 0 Å². The number of ether oxygens (including phenoxy) is 1. The van der Waals surface area contributed by atoms with Gasteiger partial charge in [-0.25, -0.2) is 0 Å². The van der Waals surface area contributed by atoms with E-state index >= 15 is 0 Å². The number of esters is 1. The van der Waals surface area contributed by atoms with E-state index in [-0.39, 0.29) is 48.1 Å². The average Bonchev–Trinajstić information content (AvgIpc) is 3.48. The first-order chi connectivity index (χ1) is 17.8. The summed E-state index contributed by atoms with van der Waals surface area (Å²) in [5.41, 5.74) is 0.990. The first-order valence-corrected chi connectivity index (χ1v) is 14.4. The van der Waals surface area contributed by atoms with Crippen molar-refractivity contribution in [1.82, 2.24) is 9.80 Å². The van der Waals surface area contributed by atoms with E-state index in [1.165, 1.54) is 0 Å². The Kier molecular flexibility index (Phi) is 8.38. The summed E-state index contributed by atoms with van der Waals surface area (Å²) in [6.45, 7) is 12.5. The third kappa shape index (κ3) is 4.50. The van der Waals surface area contributed by atoms with Gasteiger partial charge in [-0.05, 0) is 30.7 Å². The molecule has 3 saturated heterocycles. The second kappa shape index (κ2) is 11.2. The van der Waals surface area contributed by atoms with Crippen LogP contribution in [0.3, 0.4) is 0 Å². The van der Waals surface area contributed by atoms with Gasteiger partial charge in [0, 0.05) is 18.3 Å². The molecule has 0 aromatic heterocycles. The Morgan fingerprint density at radius 3 is 2.62 bits per heavy atom. The number of nitrogens with zero attached hydrogens (tertiary/aromatic N) is 2. The zero-order valence-corrected chi connectivity index (χ0v) is 23.2. The molecule has 8 heteroatoms. The molecular weight excluding hydrogens is 488 g/mol. The van der Waals surface area contributed by atoms with E-state index in [1.807, 2.05) is 44.2 Å². The minimum Gasteiger partial charge on any atom is -0.466 e. The largest absolute Gasteiger partial charge is 0.466 e. The molecular formula is C29H40N2O5S. The van der Waals surface area contributed by atoms with Crippen molar-refractivity contribution < 1.29 is 24.2 Å². The van der Waals surface area contributed by atoms with Gasteiger partial charge in [-0.1, -0.05) is 63.6 Å². The molecule has 4 rings (SSSR count). The molecule has 3 unspecified atom stereocenters. The van der Waals surface area contributed by atoms with Crippen LogP contribution in [0.4, 0.5) is 0 Å². The second-order valence-electron chi connectivity index (χ2n) is 10.7. The van der Waals surface area contributed by atoms with Crippen LogP contribution in [-0.4, -0.2) is 74.5 Å². The summed E-state index contributed by atoms with van der Waals surface area (Å²) in [6.07, 6.45) is 3.21. The Morgan fingerprint density at radius 2 is 2.03 bits per heavy atom. The molecule has 3 fully saturated rings. The number of carbonyl (C=O) groups is 3. The normalized spacial score (nSPS) is 31.6. The molecule has 37 heavy (non-hydrogen) atoms. The van der Waals surface area contributed by atoms with Gasteiger partial charge < -0.3 is 19.6 Å². The van der Waals surface area contributed by atoms with Gasteiger partial charge in [0.1, 0.15) is 6.04 Å². The molecule has 8 atom stereocenters. The predicted octanol–water partition coefficient (Wildman–Crippen LogP) is 3.51. The summed E-state index contributed by atoms with van der Waals surface area (Å²) in [5, 5.41) is 10.4. The van der Waals surface area contributed by atoms with Crippen LogP contribution in [0.1, 0.15) is 46.1 Å². The number of amides is 2. The molecule has 7 nitrogen and oxygen atoms in total. The summed E-state index contributed by atoms with van der Waals surface area (Å²) in [7, 11) is 0. The van der Waals surface area contributed by atoms with Crippen molar-refractivity contribution >= 4 is 29.5 Å². The fraction of sp³-hybridized carbons (Fsp3) is 0.621. The highest BCUT2D eigenvalue weighted by Crippen LogP contribution is 2.69. The van der Waals surface area contributed by atoms with E-state index in [0.29, 0.717) is 13.1 Å². The Morgan fingerprint density at radius 1 is 1.32 bits per heavy atom. The molecule has 1 N–H and O–H groups in total. The topological polar surface area (TPSA) is 87.2 Å². The lowest BCUT2D eigenvalue weighted by Crippen LogP contribution is -2.60. The number of hydrogen-bond donors (Lipinski definition) is 1. The average molecular weight is 529 g/mol. The lowest BCUT2D eigenvalue weighted by Gasteiger charge is -2.43. The van der Waals surface area contributed by atoms with Crippen LogP contribution in [0.2, 0.25) is 0 Å². The number of fused-ring (bicyclic) bond motifs is 1. The molecule has 2 amide bonds. The number of hydrogen-bond acceptors (Lipinski definition) is 6. The molecule has 202 valence electrons. The number of benzene rings is 1. The van der Waals surface area contributed by atoms with Gasteiger partial charge in [0.05, 0.1) is 35.8 Å². The third-order valence-corrected chi connectivity index (χ3v) is 10.8. The van der Waals surface area contributed by atoms with Crippen LogP contribution in [0.5, 0.6) is 0 Å². The molecule has 3 heterocycles. The van der Waals surface area contributed by atoms with Gasteiger partial charge in [-0.3, -0.25) is 14.4 Å². The van der Waals surface area contributed by atoms with E-state index < -0.39 is 28.7 Å². The molecule has 3 aliphatic rings. The lowest BCUT2D eigenvalue weighted by molar-refractivity contribution is -0.154. The van der Waals surface area contributed by atoms with Crippen molar-refractivity contribution in [3.05, 3.63) is 48.6 Å². The fourth-order valence-electron chi connectivity index (χ4n) is 6.78. The minimum atomic E-state index is -0.774. The standard InChI is InChI=1S/C29H40N2O5S/c1-6-14-30(16-20-12-10-9-11-13-20)27(34)25-29-19(5)15-22(37-29)23(28(35)36-8-3)24(29)26(33)31(25)21(17-32)18(4)7-2/h6,9-13,18-19,21-25,32H,1,7-8,14-17H2,2-5H3/t18-,19?,21-,22-,23+,24-,25?,29?/m0/s1. The van der Waals surface area contributed by atoms with Crippen molar-refractivity contribution in [2.75, 3.05) is 19.8 Å². The van der Waals surface area contributed by atoms with Crippen molar-refractivity contribution in [2.45, 2.75) is 69.2 Å².